The fourth-order valence-corrected chi connectivity index (χ4v) is 3.99. The van der Waals surface area contributed by atoms with Crippen molar-refractivity contribution in [2.75, 3.05) is 5.32 Å². The van der Waals surface area contributed by atoms with Crippen LogP contribution in [0.25, 0.3) is 22.5 Å². The van der Waals surface area contributed by atoms with Crippen LogP contribution in [0.5, 0.6) is 0 Å². The highest BCUT2D eigenvalue weighted by atomic mass is 32.1. The average Bonchev–Trinajstić information content (AvgIpc) is 3.28. The summed E-state index contributed by atoms with van der Waals surface area (Å²) in [5, 5.41) is 17.6. The maximum atomic E-state index is 12.8. The van der Waals surface area contributed by atoms with Gasteiger partial charge in [0.15, 0.2) is 0 Å². The van der Waals surface area contributed by atoms with Gasteiger partial charge in [0.25, 0.3) is 0 Å². The third kappa shape index (κ3) is 4.30. The number of hydrogen-bond donors (Lipinski definition) is 1. The third-order valence-electron chi connectivity index (χ3n) is 4.74. The molecule has 5 aromatic rings. The Hall–Kier alpha value is -4.17. The number of anilines is 2. The van der Waals surface area contributed by atoms with E-state index in [0.29, 0.717) is 21.5 Å². The number of aromatic nitrogens is 5. The topological polar surface area (TPSA) is 85.6 Å². The second-order valence-electron chi connectivity index (χ2n) is 6.97. The van der Waals surface area contributed by atoms with Crippen LogP contribution < -0.4 is 11.0 Å². The Balaban J connectivity index is 1.49. The minimum absolute atomic E-state index is 0.189. The first kappa shape index (κ1) is 19.8. The molecule has 1 N–H and O–H groups in total. The first-order chi connectivity index (χ1) is 15.8. The minimum atomic E-state index is -0.434. The van der Waals surface area contributed by atoms with Gasteiger partial charge in [0.2, 0.25) is 5.13 Å². The molecular formula is C24H18N6OS. The quantitative estimate of drug-likeness (QED) is 0.417. The van der Waals surface area contributed by atoms with E-state index in [-0.39, 0.29) is 6.54 Å². The van der Waals surface area contributed by atoms with Gasteiger partial charge in [0.05, 0.1) is 0 Å². The van der Waals surface area contributed by atoms with E-state index in [1.165, 1.54) is 16.0 Å². The Morgan fingerprint density at radius 1 is 0.750 bits per heavy atom. The van der Waals surface area contributed by atoms with E-state index < -0.39 is 5.69 Å². The van der Waals surface area contributed by atoms with Crippen LogP contribution in [0.15, 0.2) is 95.8 Å². The second kappa shape index (κ2) is 8.91. The van der Waals surface area contributed by atoms with E-state index in [1.54, 1.807) is 0 Å². The van der Waals surface area contributed by atoms with Crippen LogP contribution >= 0.6 is 11.3 Å². The number of para-hydroxylation sites is 1. The molecule has 3 aromatic carbocycles. The van der Waals surface area contributed by atoms with Gasteiger partial charge in [0.1, 0.15) is 22.9 Å². The van der Waals surface area contributed by atoms with Gasteiger partial charge in [-0.15, -0.1) is 10.2 Å². The van der Waals surface area contributed by atoms with Gasteiger partial charge in [-0.3, -0.25) is 0 Å². The van der Waals surface area contributed by atoms with E-state index >= 15 is 0 Å². The molecule has 0 aliphatic carbocycles. The van der Waals surface area contributed by atoms with E-state index in [4.69, 9.17) is 0 Å². The smallest absolute Gasteiger partial charge is 0.330 e. The Bertz CT molecular complexity index is 1380. The van der Waals surface area contributed by atoms with Gasteiger partial charge >= 0.3 is 5.69 Å². The molecule has 32 heavy (non-hydrogen) atoms. The lowest BCUT2D eigenvalue weighted by molar-refractivity contribution is 0.614. The minimum Gasteiger partial charge on any atom is -0.330 e. The third-order valence-corrected chi connectivity index (χ3v) is 5.57. The van der Waals surface area contributed by atoms with Crippen LogP contribution in [0.3, 0.4) is 0 Å². The maximum absolute atomic E-state index is 12.8. The van der Waals surface area contributed by atoms with Crippen molar-refractivity contribution >= 4 is 22.2 Å². The van der Waals surface area contributed by atoms with Gasteiger partial charge in [-0.2, -0.15) is 10.1 Å². The predicted molar refractivity (Wildman–Crippen MR) is 126 cm³/mol. The van der Waals surface area contributed by atoms with Crippen molar-refractivity contribution in [3.63, 3.8) is 0 Å². The molecule has 0 saturated carbocycles. The van der Waals surface area contributed by atoms with Crippen molar-refractivity contribution in [1.82, 2.24) is 25.0 Å². The number of benzene rings is 3. The molecule has 0 aliphatic heterocycles. The van der Waals surface area contributed by atoms with Crippen LogP contribution in [-0.4, -0.2) is 25.0 Å². The van der Waals surface area contributed by atoms with Gasteiger partial charge in [-0.1, -0.05) is 90.2 Å². The summed E-state index contributed by atoms with van der Waals surface area (Å²) in [6.07, 6.45) is 0. The van der Waals surface area contributed by atoms with E-state index in [1.807, 2.05) is 91.0 Å². The van der Waals surface area contributed by atoms with E-state index in [0.717, 1.165) is 16.8 Å². The fraction of sp³-hybridized carbons (Fsp3) is 0.0417. The fourth-order valence-electron chi connectivity index (χ4n) is 3.25. The molecular weight excluding hydrogens is 420 g/mol. The molecule has 0 bridgehead atoms. The SMILES string of the molecule is O=c1nc(-c2ccccc2)c(-c2ccccc2)nn1Cc1nnc(Nc2ccccc2)s1. The van der Waals surface area contributed by atoms with Crippen LogP contribution in [0, 0.1) is 0 Å². The molecule has 0 fully saturated rings. The Morgan fingerprint density at radius 2 is 1.34 bits per heavy atom. The van der Waals surface area contributed by atoms with Crippen molar-refractivity contribution in [2.45, 2.75) is 6.54 Å². The van der Waals surface area contributed by atoms with Gasteiger partial charge in [-0.05, 0) is 12.1 Å². The van der Waals surface area contributed by atoms with Crippen LogP contribution in [-0.2, 0) is 6.54 Å². The summed E-state index contributed by atoms with van der Waals surface area (Å²) in [5.41, 5.74) is 3.41. The second-order valence-corrected chi connectivity index (χ2v) is 8.04. The molecule has 7 nitrogen and oxygen atoms in total. The van der Waals surface area contributed by atoms with E-state index in [2.05, 4.69) is 25.6 Å². The number of hydrogen-bond acceptors (Lipinski definition) is 7. The van der Waals surface area contributed by atoms with Crippen molar-refractivity contribution in [3.8, 4) is 22.5 Å². The summed E-state index contributed by atoms with van der Waals surface area (Å²) < 4.78 is 1.33. The zero-order valence-corrected chi connectivity index (χ0v) is 17.7. The normalized spacial score (nSPS) is 10.8. The molecule has 5 rings (SSSR count). The maximum Gasteiger partial charge on any atom is 0.364 e. The summed E-state index contributed by atoms with van der Waals surface area (Å²) in [7, 11) is 0. The summed E-state index contributed by atoms with van der Waals surface area (Å²) in [6, 6.07) is 29.1. The van der Waals surface area contributed by atoms with Crippen molar-refractivity contribution < 1.29 is 0 Å². The first-order valence-electron chi connectivity index (χ1n) is 10.0. The molecule has 0 spiro atoms. The summed E-state index contributed by atoms with van der Waals surface area (Å²) >= 11 is 1.37. The lowest BCUT2D eigenvalue weighted by Gasteiger charge is -2.10. The highest BCUT2D eigenvalue weighted by Crippen LogP contribution is 2.27. The molecule has 2 aromatic heterocycles. The Kier molecular flexibility index (Phi) is 5.50. The molecule has 0 amide bonds. The lowest BCUT2D eigenvalue weighted by Crippen LogP contribution is -2.27. The number of rotatable bonds is 6. The van der Waals surface area contributed by atoms with E-state index in [9.17, 15) is 4.79 Å². The highest BCUT2D eigenvalue weighted by Gasteiger charge is 2.16. The average molecular weight is 439 g/mol. The van der Waals surface area contributed by atoms with Gasteiger partial charge in [0, 0.05) is 16.8 Å². The molecule has 8 heteroatoms. The van der Waals surface area contributed by atoms with Crippen LogP contribution in [0.2, 0.25) is 0 Å². The summed E-state index contributed by atoms with van der Waals surface area (Å²) in [6.45, 7) is 0.189. The van der Waals surface area contributed by atoms with Crippen molar-refractivity contribution in [2.24, 2.45) is 0 Å². The monoisotopic (exact) mass is 438 g/mol. The molecule has 0 unspecified atom stereocenters. The largest absolute Gasteiger partial charge is 0.364 e. The number of nitrogens with zero attached hydrogens (tertiary/aromatic N) is 5. The molecule has 0 radical (unpaired) electrons. The van der Waals surface area contributed by atoms with Gasteiger partial charge < -0.3 is 5.32 Å². The van der Waals surface area contributed by atoms with Gasteiger partial charge in [-0.25, -0.2) is 9.48 Å². The zero-order valence-electron chi connectivity index (χ0n) is 16.9. The molecule has 156 valence electrons. The lowest BCUT2D eigenvalue weighted by atomic mass is 10.0. The Morgan fingerprint density at radius 3 is 2.00 bits per heavy atom. The van der Waals surface area contributed by atoms with Crippen molar-refractivity contribution in [1.29, 1.82) is 0 Å². The standard InChI is InChI=1S/C24H18N6OS/c31-24-26-21(17-10-4-1-5-11-17)22(18-12-6-2-7-13-18)29-30(24)16-20-27-28-23(32-20)25-19-14-8-3-9-15-19/h1-15H,16H2,(H,25,28). The van der Waals surface area contributed by atoms with Crippen molar-refractivity contribution in [3.05, 3.63) is 106 Å². The number of nitrogens with one attached hydrogen (secondary N) is 1. The first-order valence-corrected chi connectivity index (χ1v) is 10.8. The van der Waals surface area contributed by atoms with Crippen LogP contribution in [0.1, 0.15) is 5.01 Å². The summed E-state index contributed by atoms with van der Waals surface area (Å²) in [4.78, 5) is 17.2. The molecule has 0 atom stereocenters. The zero-order chi connectivity index (χ0) is 21.8. The summed E-state index contributed by atoms with van der Waals surface area (Å²) in [5.74, 6) is 0. The molecule has 2 heterocycles. The molecule has 0 saturated heterocycles. The Labute approximate surface area is 188 Å². The predicted octanol–water partition coefficient (Wildman–Crippen LogP) is 4.62. The highest BCUT2D eigenvalue weighted by molar-refractivity contribution is 7.15. The van der Waals surface area contributed by atoms with Crippen LogP contribution in [0.4, 0.5) is 10.8 Å². The molecule has 0 aliphatic rings.